The third-order valence-corrected chi connectivity index (χ3v) is 8.37. The van der Waals surface area contributed by atoms with Gasteiger partial charge in [-0.05, 0) is 42.8 Å². The topological polar surface area (TPSA) is 141 Å². The maximum Gasteiger partial charge on any atom is 0.339 e. The Morgan fingerprint density at radius 3 is 2.20 bits per heavy atom. The van der Waals surface area contributed by atoms with Crippen LogP contribution in [0.15, 0.2) is 40.1 Å². The van der Waals surface area contributed by atoms with E-state index in [1.165, 1.54) is 23.4 Å². The van der Waals surface area contributed by atoms with E-state index < -0.39 is 37.3 Å². The van der Waals surface area contributed by atoms with Gasteiger partial charge in [0.2, 0.25) is 10.0 Å². The molecule has 0 saturated heterocycles. The van der Waals surface area contributed by atoms with Crippen LogP contribution in [0.5, 0.6) is 5.75 Å². The van der Waals surface area contributed by atoms with Crippen molar-refractivity contribution in [2.24, 2.45) is 0 Å². The average molecular weight is 477 g/mol. The fraction of sp³-hybridized carbons (Fsp3) is 0.278. The highest BCUT2D eigenvalue weighted by Gasteiger charge is 2.26. The second-order valence-electron chi connectivity index (χ2n) is 6.28. The number of halogens is 1. The number of benzene rings is 2. The SMILES string of the molecule is CCN(CC)S(=O)(=O)c1cc(NS(=O)(=O)c2cc(C(=O)O)c(O)cc2C)ccc1Cl. The van der Waals surface area contributed by atoms with Crippen molar-refractivity contribution in [2.75, 3.05) is 17.8 Å². The average Bonchev–Trinajstić information content (AvgIpc) is 2.63. The normalized spacial score (nSPS) is 12.2. The Labute approximate surface area is 180 Å². The van der Waals surface area contributed by atoms with Crippen LogP contribution in [-0.2, 0) is 20.0 Å². The number of hydrogen-bond acceptors (Lipinski definition) is 6. The minimum atomic E-state index is -4.30. The molecule has 30 heavy (non-hydrogen) atoms. The monoisotopic (exact) mass is 476 g/mol. The van der Waals surface area contributed by atoms with Crippen LogP contribution in [0.2, 0.25) is 5.02 Å². The van der Waals surface area contributed by atoms with E-state index in [4.69, 9.17) is 16.7 Å². The summed E-state index contributed by atoms with van der Waals surface area (Å²) >= 11 is 6.05. The quantitative estimate of drug-likeness (QED) is 0.531. The van der Waals surface area contributed by atoms with Crippen LogP contribution in [0, 0.1) is 6.92 Å². The summed E-state index contributed by atoms with van der Waals surface area (Å²) in [6.45, 7) is 5.12. The van der Waals surface area contributed by atoms with Gasteiger partial charge in [0, 0.05) is 13.1 Å². The van der Waals surface area contributed by atoms with Crippen molar-refractivity contribution in [3.8, 4) is 5.75 Å². The first kappa shape index (κ1) is 23.9. The van der Waals surface area contributed by atoms with E-state index in [1.807, 2.05) is 0 Å². The molecule has 0 aliphatic rings. The summed E-state index contributed by atoms with van der Waals surface area (Å²) < 4.78 is 54.6. The predicted octanol–water partition coefficient (Wildman–Crippen LogP) is 2.88. The molecule has 0 unspecified atom stereocenters. The molecule has 0 bridgehead atoms. The zero-order valence-corrected chi connectivity index (χ0v) is 18.8. The number of sulfonamides is 2. The number of carboxylic acid groups (broad SMARTS) is 1. The van der Waals surface area contributed by atoms with Gasteiger partial charge in [-0.25, -0.2) is 21.6 Å². The lowest BCUT2D eigenvalue weighted by Crippen LogP contribution is -2.30. The summed E-state index contributed by atoms with van der Waals surface area (Å²) in [5.41, 5.74) is -0.550. The van der Waals surface area contributed by atoms with Crippen LogP contribution in [0.4, 0.5) is 5.69 Å². The number of rotatable bonds is 8. The van der Waals surface area contributed by atoms with Crippen LogP contribution in [0.25, 0.3) is 0 Å². The lowest BCUT2D eigenvalue weighted by molar-refractivity contribution is 0.0693. The third kappa shape index (κ3) is 4.69. The molecule has 0 atom stereocenters. The number of aryl methyl sites for hydroxylation is 1. The number of phenols is 1. The van der Waals surface area contributed by atoms with Gasteiger partial charge in [-0.2, -0.15) is 4.31 Å². The molecular formula is C18H21ClN2O7S2. The van der Waals surface area contributed by atoms with E-state index >= 15 is 0 Å². The number of anilines is 1. The molecule has 2 aromatic rings. The summed E-state index contributed by atoms with van der Waals surface area (Å²) in [7, 11) is -8.25. The van der Waals surface area contributed by atoms with E-state index in [0.29, 0.717) is 0 Å². The van der Waals surface area contributed by atoms with Gasteiger partial charge in [0.25, 0.3) is 10.0 Å². The minimum absolute atomic E-state index is 0.0705. The fourth-order valence-corrected chi connectivity index (χ4v) is 6.07. The lowest BCUT2D eigenvalue weighted by Gasteiger charge is -2.20. The molecule has 0 heterocycles. The third-order valence-electron chi connectivity index (χ3n) is 4.32. The number of carbonyl (C=O) groups is 1. The molecule has 0 spiro atoms. The van der Waals surface area contributed by atoms with Crippen LogP contribution in [0.3, 0.4) is 0 Å². The molecule has 0 radical (unpaired) electrons. The molecule has 0 aliphatic heterocycles. The highest BCUT2D eigenvalue weighted by molar-refractivity contribution is 7.92. The van der Waals surface area contributed by atoms with Crippen LogP contribution in [-0.4, -0.2) is 50.4 Å². The molecule has 3 N–H and O–H groups in total. The van der Waals surface area contributed by atoms with Gasteiger partial charge in [0.05, 0.1) is 15.6 Å². The summed E-state index contributed by atoms with van der Waals surface area (Å²) in [6, 6.07) is 5.49. The molecule has 0 aliphatic carbocycles. The molecule has 164 valence electrons. The zero-order valence-electron chi connectivity index (χ0n) is 16.4. The van der Waals surface area contributed by atoms with Crippen LogP contribution >= 0.6 is 11.6 Å². The van der Waals surface area contributed by atoms with Gasteiger partial charge in [-0.15, -0.1) is 0 Å². The number of nitrogens with zero attached hydrogens (tertiary/aromatic N) is 1. The van der Waals surface area contributed by atoms with Gasteiger partial charge in [-0.3, -0.25) is 4.72 Å². The zero-order chi connectivity index (χ0) is 22.9. The van der Waals surface area contributed by atoms with Crippen molar-refractivity contribution >= 4 is 43.3 Å². The largest absolute Gasteiger partial charge is 0.507 e. The van der Waals surface area contributed by atoms with E-state index in [1.54, 1.807) is 13.8 Å². The van der Waals surface area contributed by atoms with Gasteiger partial charge >= 0.3 is 5.97 Å². The van der Waals surface area contributed by atoms with Gasteiger partial charge < -0.3 is 10.2 Å². The predicted molar refractivity (Wildman–Crippen MR) is 112 cm³/mol. The number of aromatic hydroxyl groups is 1. The number of nitrogens with one attached hydrogen (secondary N) is 1. The smallest absolute Gasteiger partial charge is 0.339 e. The molecule has 2 rings (SSSR count). The molecule has 0 fully saturated rings. The summed E-state index contributed by atoms with van der Waals surface area (Å²) in [6.07, 6.45) is 0. The first-order chi connectivity index (χ1) is 13.8. The minimum Gasteiger partial charge on any atom is -0.507 e. The number of hydrogen-bond donors (Lipinski definition) is 3. The second kappa shape index (κ2) is 8.80. The van der Waals surface area contributed by atoms with E-state index in [0.717, 1.165) is 18.2 Å². The lowest BCUT2D eigenvalue weighted by atomic mass is 10.1. The van der Waals surface area contributed by atoms with Gasteiger partial charge in [0.15, 0.2) is 0 Å². The maximum absolute atomic E-state index is 12.8. The molecule has 2 aromatic carbocycles. The van der Waals surface area contributed by atoms with Crippen molar-refractivity contribution in [3.05, 3.63) is 46.5 Å². The van der Waals surface area contributed by atoms with E-state index in [2.05, 4.69) is 4.72 Å². The summed E-state index contributed by atoms with van der Waals surface area (Å²) in [4.78, 5) is 10.6. The standard InChI is InChI=1S/C18H21ClN2O7S2/c1-4-21(5-2)30(27,28)17-9-12(6-7-14(17)19)20-29(25,26)16-10-13(18(23)24)15(22)8-11(16)3/h6-10,20,22H,4-5H2,1-3H3,(H,23,24). The molecule has 12 heteroatoms. The fourth-order valence-electron chi connectivity index (χ4n) is 2.81. The van der Waals surface area contributed by atoms with E-state index in [-0.39, 0.29) is 39.2 Å². The maximum atomic E-state index is 12.8. The van der Waals surface area contributed by atoms with Crippen molar-refractivity contribution < 1.29 is 31.8 Å². The van der Waals surface area contributed by atoms with Gasteiger partial charge in [0.1, 0.15) is 16.2 Å². The highest BCUT2D eigenvalue weighted by atomic mass is 35.5. The van der Waals surface area contributed by atoms with Crippen molar-refractivity contribution in [2.45, 2.75) is 30.6 Å². The Balaban J connectivity index is 2.54. The van der Waals surface area contributed by atoms with Crippen molar-refractivity contribution in [1.82, 2.24) is 4.31 Å². The summed E-state index contributed by atoms with van der Waals surface area (Å²) in [5, 5.41) is 18.8. The Morgan fingerprint density at radius 2 is 1.67 bits per heavy atom. The highest BCUT2D eigenvalue weighted by Crippen LogP contribution is 2.30. The van der Waals surface area contributed by atoms with E-state index in [9.17, 15) is 26.7 Å². The Morgan fingerprint density at radius 1 is 1.07 bits per heavy atom. The number of aromatic carboxylic acids is 1. The second-order valence-corrected chi connectivity index (χ2v) is 10.2. The molecule has 9 nitrogen and oxygen atoms in total. The molecular weight excluding hydrogens is 456 g/mol. The molecule has 0 aromatic heterocycles. The summed E-state index contributed by atoms with van der Waals surface area (Å²) in [5.74, 6) is -2.07. The van der Waals surface area contributed by atoms with Crippen molar-refractivity contribution in [1.29, 1.82) is 0 Å². The number of carboxylic acids is 1. The Kier molecular flexibility index (Phi) is 7.02. The van der Waals surface area contributed by atoms with Crippen LogP contribution < -0.4 is 4.72 Å². The van der Waals surface area contributed by atoms with Gasteiger partial charge in [-0.1, -0.05) is 25.4 Å². The van der Waals surface area contributed by atoms with Crippen molar-refractivity contribution in [3.63, 3.8) is 0 Å². The molecule has 0 amide bonds. The first-order valence-electron chi connectivity index (χ1n) is 8.74. The Hall–Kier alpha value is -2.34. The Bertz CT molecular complexity index is 1190. The first-order valence-corrected chi connectivity index (χ1v) is 12.0. The van der Waals surface area contributed by atoms with Crippen LogP contribution in [0.1, 0.15) is 29.8 Å². The molecule has 0 saturated carbocycles.